The van der Waals surface area contributed by atoms with Gasteiger partial charge in [0.25, 0.3) is 5.91 Å². The van der Waals surface area contributed by atoms with Crippen molar-refractivity contribution in [3.63, 3.8) is 0 Å². The highest BCUT2D eigenvalue weighted by atomic mass is 16.2. The van der Waals surface area contributed by atoms with Crippen molar-refractivity contribution in [3.05, 3.63) is 77.4 Å². The second-order valence-electron chi connectivity index (χ2n) is 9.38. The van der Waals surface area contributed by atoms with Gasteiger partial charge in [-0.05, 0) is 61.7 Å². The summed E-state index contributed by atoms with van der Waals surface area (Å²) in [4.78, 5) is 28.4. The SMILES string of the molecule is Cc1ccc(NC(=O)C2CN(C(C)C)CCN2)cc1C(=O)N[C@H](C)c1cccc2ccccc12. The number of fused-ring (bicyclic) bond motifs is 1. The van der Waals surface area contributed by atoms with Crippen LogP contribution >= 0.6 is 0 Å². The minimum Gasteiger partial charge on any atom is -0.345 e. The molecule has 2 amide bonds. The first-order valence-electron chi connectivity index (χ1n) is 12.0. The Kier molecular flexibility index (Phi) is 7.29. The van der Waals surface area contributed by atoms with E-state index in [4.69, 9.17) is 0 Å². The molecule has 1 heterocycles. The van der Waals surface area contributed by atoms with Crippen LogP contribution in [0, 0.1) is 6.92 Å². The van der Waals surface area contributed by atoms with Gasteiger partial charge in [0.15, 0.2) is 0 Å². The fourth-order valence-corrected chi connectivity index (χ4v) is 4.57. The van der Waals surface area contributed by atoms with Crippen molar-refractivity contribution < 1.29 is 9.59 Å². The van der Waals surface area contributed by atoms with E-state index in [1.807, 2.05) is 44.2 Å². The predicted molar refractivity (Wildman–Crippen MR) is 138 cm³/mol. The van der Waals surface area contributed by atoms with E-state index >= 15 is 0 Å². The third kappa shape index (κ3) is 5.29. The lowest BCUT2D eigenvalue weighted by Crippen LogP contribution is -2.57. The molecule has 34 heavy (non-hydrogen) atoms. The number of rotatable bonds is 6. The van der Waals surface area contributed by atoms with E-state index in [1.165, 1.54) is 0 Å². The number of hydrogen-bond acceptors (Lipinski definition) is 4. The molecule has 1 aliphatic rings. The number of carbonyl (C=O) groups excluding carboxylic acids is 2. The molecule has 1 saturated heterocycles. The number of benzene rings is 3. The zero-order chi connectivity index (χ0) is 24.2. The molecule has 2 atom stereocenters. The fraction of sp³-hybridized carbons (Fsp3) is 0.357. The van der Waals surface area contributed by atoms with Gasteiger partial charge in [-0.2, -0.15) is 0 Å². The van der Waals surface area contributed by atoms with E-state index in [0.29, 0.717) is 23.8 Å². The van der Waals surface area contributed by atoms with Gasteiger partial charge in [0.05, 0.1) is 12.1 Å². The molecule has 3 N–H and O–H groups in total. The number of piperazine rings is 1. The molecule has 0 bridgehead atoms. The van der Waals surface area contributed by atoms with Crippen molar-refractivity contribution in [3.8, 4) is 0 Å². The molecule has 1 fully saturated rings. The van der Waals surface area contributed by atoms with Crippen LogP contribution in [0.5, 0.6) is 0 Å². The highest BCUT2D eigenvalue weighted by molar-refractivity contribution is 6.00. The van der Waals surface area contributed by atoms with E-state index < -0.39 is 0 Å². The van der Waals surface area contributed by atoms with Crippen molar-refractivity contribution in [2.24, 2.45) is 0 Å². The van der Waals surface area contributed by atoms with Gasteiger partial charge in [0, 0.05) is 36.9 Å². The lowest BCUT2D eigenvalue weighted by atomic mass is 9.99. The average molecular weight is 459 g/mol. The number of anilines is 1. The quantitative estimate of drug-likeness (QED) is 0.516. The first-order chi connectivity index (χ1) is 16.3. The smallest absolute Gasteiger partial charge is 0.252 e. The Morgan fingerprint density at radius 1 is 1.03 bits per heavy atom. The van der Waals surface area contributed by atoms with Crippen LogP contribution in [0.4, 0.5) is 5.69 Å². The first-order valence-corrected chi connectivity index (χ1v) is 12.0. The summed E-state index contributed by atoms with van der Waals surface area (Å²) < 4.78 is 0. The van der Waals surface area contributed by atoms with Crippen molar-refractivity contribution >= 4 is 28.3 Å². The summed E-state index contributed by atoms with van der Waals surface area (Å²) >= 11 is 0. The number of nitrogens with one attached hydrogen (secondary N) is 3. The van der Waals surface area contributed by atoms with Crippen LogP contribution in [0.25, 0.3) is 10.8 Å². The van der Waals surface area contributed by atoms with Crippen LogP contribution in [0.2, 0.25) is 0 Å². The van der Waals surface area contributed by atoms with E-state index in [2.05, 4.69) is 59.0 Å². The highest BCUT2D eigenvalue weighted by Gasteiger charge is 2.26. The van der Waals surface area contributed by atoms with Crippen LogP contribution in [-0.4, -0.2) is 48.4 Å². The average Bonchev–Trinajstić information content (AvgIpc) is 2.84. The molecule has 178 valence electrons. The fourth-order valence-electron chi connectivity index (χ4n) is 4.57. The predicted octanol–water partition coefficient (Wildman–Crippen LogP) is 4.26. The van der Waals surface area contributed by atoms with Crippen LogP contribution in [0.15, 0.2) is 60.7 Å². The van der Waals surface area contributed by atoms with Gasteiger partial charge >= 0.3 is 0 Å². The molecule has 4 rings (SSSR count). The minimum absolute atomic E-state index is 0.0790. The summed E-state index contributed by atoms with van der Waals surface area (Å²) in [5, 5.41) is 11.7. The summed E-state index contributed by atoms with van der Waals surface area (Å²) in [5.74, 6) is -0.236. The third-order valence-electron chi connectivity index (χ3n) is 6.64. The van der Waals surface area contributed by atoms with Gasteiger partial charge in [-0.1, -0.05) is 48.5 Å². The first kappa shape index (κ1) is 23.9. The van der Waals surface area contributed by atoms with Crippen molar-refractivity contribution in [1.82, 2.24) is 15.5 Å². The third-order valence-corrected chi connectivity index (χ3v) is 6.64. The highest BCUT2D eigenvalue weighted by Crippen LogP contribution is 2.25. The molecule has 1 unspecified atom stereocenters. The zero-order valence-corrected chi connectivity index (χ0v) is 20.4. The Labute approximate surface area is 201 Å². The van der Waals surface area contributed by atoms with Gasteiger partial charge < -0.3 is 16.0 Å². The second-order valence-corrected chi connectivity index (χ2v) is 9.38. The Balaban J connectivity index is 1.47. The van der Waals surface area contributed by atoms with E-state index in [1.54, 1.807) is 6.07 Å². The number of carbonyl (C=O) groups is 2. The Morgan fingerprint density at radius 3 is 2.59 bits per heavy atom. The molecule has 0 radical (unpaired) electrons. The summed E-state index contributed by atoms with van der Waals surface area (Å²) in [7, 11) is 0. The topological polar surface area (TPSA) is 73.5 Å². The van der Waals surface area contributed by atoms with Crippen molar-refractivity contribution in [1.29, 1.82) is 0 Å². The molecular formula is C28H34N4O2. The molecule has 0 aromatic heterocycles. The van der Waals surface area contributed by atoms with Gasteiger partial charge in [0.2, 0.25) is 5.91 Å². The summed E-state index contributed by atoms with van der Waals surface area (Å²) in [5.41, 5.74) is 3.13. The lowest BCUT2D eigenvalue weighted by molar-refractivity contribution is -0.119. The van der Waals surface area contributed by atoms with Gasteiger partial charge in [-0.25, -0.2) is 0 Å². The van der Waals surface area contributed by atoms with Crippen molar-refractivity contribution in [2.45, 2.75) is 45.8 Å². The molecule has 1 aliphatic heterocycles. The molecule has 3 aromatic carbocycles. The molecule has 6 nitrogen and oxygen atoms in total. The van der Waals surface area contributed by atoms with Gasteiger partial charge in [-0.3, -0.25) is 14.5 Å². The second kappa shape index (κ2) is 10.4. The maximum Gasteiger partial charge on any atom is 0.252 e. The summed E-state index contributed by atoms with van der Waals surface area (Å²) in [6, 6.07) is 19.8. The zero-order valence-electron chi connectivity index (χ0n) is 20.4. The molecule has 6 heteroatoms. The normalized spacial score (nSPS) is 17.5. The molecular weight excluding hydrogens is 424 g/mol. The van der Waals surface area contributed by atoms with Gasteiger partial charge in [0.1, 0.15) is 0 Å². The lowest BCUT2D eigenvalue weighted by Gasteiger charge is -2.35. The summed E-state index contributed by atoms with van der Waals surface area (Å²) in [6.07, 6.45) is 0. The Bertz CT molecular complexity index is 1180. The number of amides is 2. The standard InChI is InChI=1S/C28H34N4O2/c1-18(2)32-15-14-29-26(17-32)28(34)31-22-13-12-19(3)25(16-22)27(33)30-20(4)23-11-7-9-21-8-5-6-10-24(21)23/h5-13,16,18,20,26,29H,14-15,17H2,1-4H3,(H,30,33)(H,31,34)/t20-,26?/m1/s1. The number of hydrogen-bond donors (Lipinski definition) is 3. The number of nitrogens with zero attached hydrogens (tertiary/aromatic N) is 1. The monoisotopic (exact) mass is 458 g/mol. The van der Waals surface area contributed by atoms with Crippen molar-refractivity contribution in [2.75, 3.05) is 25.0 Å². The number of aryl methyl sites for hydroxylation is 1. The maximum absolute atomic E-state index is 13.2. The largest absolute Gasteiger partial charge is 0.345 e. The summed E-state index contributed by atoms with van der Waals surface area (Å²) in [6.45, 7) is 10.6. The van der Waals surface area contributed by atoms with Crippen LogP contribution < -0.4 is 16.0 Å². The molecule has 0 spiro atoms. The van der Waals surface area contributed by atoms with Crippen LogP contribution in [0.3, 0.4) is 0 Å². The van der Waals surface area contributed by atoms with Gasteiger partial charge in [-0.15, -0.1) is 0 Å². The molecule has 0 saturated carbocycles. The molecule has 3 aromatic rings. The Morgan fingerprint density at radius 2 is 1.79 bits per heavy atom. The maximum atomic E-state index is 13.2. The van der Waals surface area contributed by atoms with Crippen LogP contribution in [0.1, 0.15) is 48.3 Å². The van der Waals surface area contributed by atoms with Crippen LogP contribution in [-0.2, 0) is 4.79 Å². The minimum atomic E-state index is -0.277. The molecule has 0 aliphatic carbocycles. The van der Waals surface area contributed by atoms with E-state index in [-0.39, 0.29) is 23.9 Å². The van der Waals surface area contributed by atoms with E-state index in [9.17, 15) is 9.59 Å². The van der Waals surface area contributed by atoms with E-state index in [0.717, 1.165) is 35.0 Å². The Hall–Kier alpha value is -3.22.